The topological polar surface area (TPSA) is 125 Å². The van der Waals surface area contributed by atoms with Gasteiger partial charge in [-0.2, -0.15) is 10.4 Å². The van der Waals surface area contributed by atoms with Gasteiger partial charge in [-0.1, -0.05) is 47.3 Å². The number of nitriles is 1. The molecule has 1 aliphatic rings. The fourth-order valence-corrected chi connectivity index (χ4v) is 5.41. The first kappa shape index (κ1) is 25.0. The summed E-state index contributed by atoms with van der Waals surface area (Å²) in [6.45, 7) is 1.11. The molecule has 0 radical (unpaired) electrons. The van der Waals surface area contributed by atoms with Crippen LogP contribution >= 0.6 is 11.8 Å². The molecule has 2 aromatic heterocycles. The molecule has 5 aromatic rings. The minimum atomic E-state index is -0.427. The van der Waals surface area contributed by atoms with Crippen LogP contribution in [0.5, 0.6) is 0 Å². The smallest absolute Gasteiger partial charge is 0.291 e. The van der Waals surface area contributed by atoms with Gasteiger partial charge in [0.1, 0.15) is 11.4 Å². The van der Waals surface area contributed by atoms with Gasteiger partial charge in [0, 0.05) is 22.2 Å². The van der Waals surface area contributed by atoms with E-state index in [0.717, 1.165) is 38.0 Å². The number of hydrogen-bond acceptors (Lipinski definition) is 9. The molecule has 11 heteroatoms. The van der Waals surface area contributed by atoms with Crippen molar-refractivity contribution in [1.29, 1.82) is 5.26 Å². The van der Waals surface area contributed by atoms with E-state index in [-0.39, 0.29) is 5.69 Å². The zero-order chi connectivity index (χ0) is 27.3. The van der Waals surface area contributed by atoms with Gasteiger partial charge in [-0.25, -0.2) is 15.1 Å². The normalized spacial score (nSPS) is 12.0. The van der Waals surface area contributed by atoms with Crippen molar-refractivity contribution < 1.29 is 4.79 Å². The molecule has 1 amide bonds. The van der Waals surface area contributed by atoms with E-state index >= 15 is 0 Å². The van der Waals surface area contributed by atoms with Crippen LogP contribution in [0.15, 0.2) is 106 Å². The number of para-hydroxylation sites is 1. The molecule has 0 atom stereocenters. The van der Waals surface area contributed by atoms with Crippen LogP contribution in [0.2, 0.25) is 0 Å². The Morgan fingerprint density at radius 1 is 1.02 bits per heavy atom. The van der Waals surface area contributed by atoms with E-state index in [2.05, 4.69) is 53.9 Å². The number of hydrogen-bond donors (Lipinski definition) is 1. The second kappa shape index (κ2) is 11.2. The molecular formula is C29H21N9OS. The van der Waals surface area contributed by atoms with E-state index in [0.29, 0.717) is 18.7 Å². The van der Waals surface area contributed by atoms with Crippen molar-refractivity contribution in [2.45, 2.75) is 22.9 Å². The summed E-state index contributed by atoms with van der Waals surface area (Å²) in [5, 5.41) is 21.9. The highest BCUT2D eigenvalue weighted by Gasteiger charge is 2.24. The summed E-state index contributed by atoms with van der Waals surface area (Å²) in [7, 11) is 0. The third-order valence-electron chi connectivity index (χ3n) is 6.16. The number of anilines is 2. The summed E-state index contributed by atoms with van der Waals surface area (Å²) in [5.41, 5.74) is 8.18. The van der Waals surface area contributed by atoms with E-state index in [9.17, 15) is 4.79 Å². The molecule has 0 aliphatic carbocycles. The van der Waals surface area contributed by atoms with Gasteiger partial charge in [0.15, 0.2) is 0 Å². The Morgan fingerprint density at radius 3 is 2.70 bits per heavy atom. The van der Waals surface area contributed by atoms with Crippen LogP contribution < -0.4 is 10.3 Å². The highest BCUT2D eigenvalue weighted by Crippen LogP contribution is 2.48. The lowest BCUT2D eigenvalue weighted by atomic mass is 10.1. The zero-order valence-corrected chi connectivity index (χ0v) is 21.9. The molecule has 0 unspecified atom stereocenters. The Kier molecular flexibility index (Phi) is 6.98. The van der Waals surface area contributed by atoms with Gasteiger partial charge >= 0.3 is 0 Å². The van der Waals surface area contributed by atoms with Gasteiger partial charge in [0.05, 0.1) is 54.7 Å². The fourth-order valence-electron chi connectivity index (χ4n) is 4.26. The standard InChI is InChI=1S/C29H21N9OS/c30-14-20-5-7-21(8-6-20)17-37-18-23(34-36-37)19-38-25-3-1-2-4-27(25)40-28-13-22(9-10-26(28)38)15-33-35-29(39)24-16-31-11-12-32-24/h1-13,15-16,18H,17,19H2,(H,35,39)/b33-15+. The number of nitrogens with one attached hydrogen (secondary N) is 1. The molecule has 10 nitrogen and oxygen atoms in total. The molecule has 0 saturated heterocycles. The van der Waals surface area contributed by atoms with Gasteiger partial charge in [-0.05, 0) is 47.5 Å². The summed E-state index contributed by atoms with van der Waals surface area (Å²) in [5.74, 6) is -0.427. The lowest BCUT2D eigenvalue weighted by Gasteiger charge is -2.32. The van der Waals surface area contributed by atoms with E-state index in [4.69, 9.17) is 5.26 Å². The highest BCUT2D eigenvalue weighted by atomic mass is 32.2. The quantitative estimate of drug-likeness (QED) is 0.234. The van der Waals surface area contributed by atoms with Gasteiger partial charge < -0.3 is 4.90 Å². The monoisotopic (exact) mass is 543 g/mol. The van der Waals surface area contributed by atoms with E-state index in [1.807, 2.05) is 48.7 Å². The number of rotatable bonds is 7. The van der Waals surface area contributed by atoms with Crippen LogP contribution in [0.25, 0.3) is 0 Å². The third kappa shape index (κ3) is 5.43. The van der Waals surface area contributed by atoms with Gasteiger partial charge in [0.2, 0.25) is 0 Å². The van der Waals surface area contributed by atoms with E-state index < -0.39 is 5.91 Å². The summed E-state index contributed by atoms with van der Waals surface area (Å²) >= 11 is 1.68. The van der Waals surface area contributed by atoms with Crippen molar-refractivity contribution in [3.63, 3.8) is 0 Å². The second-order valence-corrected chi connectivity index (χ2v) is 9.97. The van der Waals surface area contributed by atoms with Crippen molar-refractivity contribution in [3.8, 4) is 6.07 Å². The van der Waals surface area contributed by atoms with Crippen LogP contribution in [-0.4, -0.2) is 37.1 Å². The SMILES string of the molecule is N#Cc1ccc(Cn2cc(CN3c4ccccc4Sc4cc(/C=N/NC(=O)c5cnccn5)ccc43)nn2)cc1. The van der Waals surface area contributed by atoms with Crippen molar-refractivity contribution >= 4 is 35.3 Å². The number of hydrazone groups is 1. The lowest BCUT2D eigenvalue weighted by molar-refractivity contribution is 0.0949. The maximum atomic E-state index is 12.2. The summed E-state index contributed by atoms with van der Waals surface area (Å²) in [4.78, 5) is 24.5. The molecular weight excluding hydrogens is 522 g/mol. The first-order valence-electron chi connectivity index (χ1n) is 12.3. The molecule has 40 heavy (non-hydrogen) atoms. The predicted octanol–water partition coefficient (Wildman–Crippen LogP) is 4.55. The Bertz CT molecular complexity index is 1740. The molecule has 3 heterocycles. The third-order valence-corrected chi connectivity index (χ3v) is 7.27. The Hall–Kier alpha value is -5.34. The van der Waals surface area contributed by atoms with Gasteiger partial charge in [-0.3, -0.25) is 9.78 Å². The molecule has 6 rings (SSSR count). The number of fused-ring (bicyclic) bond motifs is 2. The average Bonchev–Trinajstić information content (AvgIpc) is 3.44. The predicted molar refractivity (Wildman–Crippen MR) is 150 cm³/mol. The minimum absolute atomic E-state index is 0.196. The number of carbonyl (C=O) groups is 1. The molecule has 3 aromatic carbocycles. The largest absolute Gasteiger partial charge is 0.333 e. The van der Waals surface area contributed by atoms with Crippen molar-refractivity contribution in [2.75, 3.05) is 4.90 Å². The molecule has 0 saturated carbocycles. The summed E-state index contributed by atoms with van der Waals surface area (Å²) in [6.07, 6.45) is 7.90. The van der Waals surface area contributed by atoms with Crippen LogP contribution in [0.4, 0.5) is 11.4 Å². The fraction of sp³-hybridized carbons (Fsp3) is 0.0690. The van der Waals surface area contributed by atoms with Crippen molar-refractivity contribution in [1.82, 2.24) is 30.4 Å². The number of carbonyl (C=O) groups excluding carboxylic acids is 1. The second-order valence-electron chi connectivity index (χ2n) is 8.89. The highest BCUT2D eigenvalue weighted by molar-refractivity contribution is 7.99. The van der Waals surface area contributed by atoms with Gasteiger partial charge in [0.25, 0.3) is 5.91 Å². The lowest BCUT2D eigenvalue weighted by Crippen LogP contribution is -2.20. The van der Waals surface area contributed by atoms with E-state index in [1.165, 1.54) is 18.6 Å². The zero-order valence-electron chi connectivity index (χ0n) is 21.0. The molecule has 0 fully saturated rings. The first-order valence-corrected chi connectivity index (χ1v) is 13.1. The number of aromatic nitrogens is 5. The van der Waals surface area contributed by atoms with Crippen molar-refractivity contribution in [2.24, 2.45) is 5.10 Å². The molecule has 194 valence electrons. The number of benzene rings is 3. The van der Waals surface area contributed by atoms with Crippen LogP contribution in [0.3, 0.4) is 0 Å². The summed E-state index contributed by atoms with van der Waals surface area (Å²) < 4.78 is 1.80. The molecule has 0 spiro atoms. The number of amides is 1. The molecule has 1 N–H and O–H groups in total. The average molecular weight is 544 g/mol. The molecule has 1 aliphatic heterocycles. The Balaban J connectivity index is 1.20. The summed E-state index contributed by atoms with van der Waals surface area (Å²) in [6, 6.07) is 23.9. The maximum absolute atomic E-state index is 12.2. The number of nitrogens with zero attached hydrogens (tertiary/aromatic N) is 8. The molecule has 0 bridgehead atoms. The van der Waals surface area contributed by atoms with Crippen LogP contribution in [0.1, 0.15) is 32.9 Å². The Labute approximate surface area is 234 Å². The Morgan fingerprint density at radius 2 is 1.88 bits per heavy atom. The maximum Gasteiger partial charge on any atom is 0.291 e. The van der Waals surface area contributed by atoms with Crippen molar-refractivity contribution in [3.05, 3.63) is 120 Å². The van der Waals surface area contributed by atoms with Crippen LogP contribution in [-0.2, 0) is 13.1 Å². The van der Waals surface area contributed by atoms with Gasteiger partial charge in [-0.15, -0.1) is 5.10 Å². The van der Waals surface area contributed by atoms with Crippen LogP contribution in [0, 0.1) is 11.3 Å². The van der Waals surface area contributed by atoms with E-state index in [1.54, 1.807) is 34.8 Å². The first-order chi connectivity index (χ1) is 19.7. The minimum Gasteiger partial charge on any atom is -0.333 e.